The number of carbonyl (C=O) groups excluding carboxylic acids is 1. The predicted octanol–water partition coefficient (Wildman–Crippen LogP) is 4.78. The largest absolute Gasteiger partial charge is 0.483 e. The van der Waals surface area contributed by atoms with E-state index in [9.17, 15) is 9.59 Å². The highest BCUT2D eigenvalue weighted by Crippen LogP contribution is 2.28. The Morgan fingerprint density at radius 2 is 1.77 bits per heavy atom. The van der Waals surface area contributed by atoms with Crippen LogP contribution in [0.25, 0.3) is 0 Å². The first-order valence-electron chi connectivity index (χ1n) is 9.59. The SMILES string of the molecule is CC1Cn2ccc(=O)c(OCc3ccccc3)c2C(=O)N1Cc1ccc(Cl)c(Cl)c1. The van der Waals surface area contributed by atoms with Gasteiger partial charge in [-0.2, -0.15) is 0 Å². The van der Waals surface area contributed by atoms with Crippen LogP contribution in [0.3, 0.4) is 0 Å². The number of halogens is 2. The molecule has 1 aromatic heterocycles. The van der Waals surface area contributed by atoms with Crippen molar-refractivity contribution >= 4 is 29.1 Å². The van der Waals surface area contributed by atoms with Crippen LogP contribution in [0.2, 0.25) is 10.0 Å². The number of amides is 1. The minimum Gasteiger partial charge on any atom is -0.483 e. The Balaban J connectivity index is 1.65. The lowest BCUT2D eigenvalue weighted by Gasteiger charge is -2.36. The predicted molar refractivity (Wildman–Crippen MR) is 117 cm³/mol. The Morgan fingerprint density at radius 1 is 1.00 bits per heavy atom. The molecule has 5 nitrogen and oxygen atoms in total. The van der Waals surface area contributed by atoms with E-state index >= 15 is 0 Å². The molecule has 2 heterocycles. The van der Waals surface area contributed by atoms with Gasteiger partial charge in [0.15, 0.2) is 11.4 Å². The Morgan fingerprint density at radius 3 is 2.50 bits per heavy atom. The van der Waals surface area contributed by atoms with Crippen molar-refractivity contribution in [2.45, 2.75) is 32.7 Å². The number of hydrogen-bond donors (Lipinski definition) is 0. The molecule has 1 aliphatic rings. The maximum absolute atomic E-state index is 13.4. The molecule has 0 saturated carbocycles. The minimum atomic E-state index is -0.311. The van der Waals surface area contributed by atoms with E-state index in [0.29, 0.717) is 23.1 Å². The minimum absolute atomic E-state index is 0.0658. The van der Waals surface area contributed by atoms with Crippen LogP contribution in [0.4, 0.5) is 0 Å². The monoisotopic (exact) mass is 442 g/mol. The van der Waals surface area contributed by atoms with Gasteiger partial charge in [-0.15, -0.1) is 0 Å². The van der Waals surface area contributed by atoms with Crippen molar-refractivity contribution in [3.8, 4) is 5.75 Å². The molecule has 0 radical (unpaired) electrons. The van der Waals surface area contributed by atoms with Gasteiger partial charge in [-0.3, -0.25) is 9.59 Å². The van der Waals surface area contributed by atoms with Crippen LogP contribution in [0, 0.1) is 0 Å². The lowest BCUT2D eigenvalue weighted by Crippen LogP contribution is -2.47. The average molecular weight is 443 g/mol. The quantitative estimate of drug-likeness (QED) is 0.571. The standard InChI is InChI=1S/C23H20Cl2N2O3/c1-15-12-26-10-9-20(28)22(30-14-16-5-3-2-4-6-16)21(26)23(29)27(15)13-17-7-8-18(24)19(25)11-17/h2-11,15H,12-14H2,1H3. The summed E-state index contributed by atoms with van der Waals surface area (Å²) in [5.74, 6) is -0.169. The van der Waals surface area contributed by atoms with Crippen molar-refractivity contribution in [2.24, 2.45) is 0 Å². The van der Waals surface area contributed by atoms with Gasteiger partial charge in [0.05, 0.1) is 10.0 Å². The first kappa shape index (κ1) is 20.5. The maximum Gasteiger partial charge on any atom is 0.275 e. The Bertz CT molecular complexity index is 1140. The van der Waals surface area contributed by atoms with Crippen LogP contribution >= 0.6 is 23.2 Å². The number of benzene rings is 2. The molecular formula is C23H20Cl2N2O3. The van der Waals surface area contributed by atoms with Gasteiger partial charge in [0, 0.05) is 31.4 Å². The van der Waals surface area contributed by atoms with Crippen LogP contribution in [0.15, 0.2) is 65.6 Å². The number of pyridine rings is 1. The van der Waals surface area contributed by atoms with Crippen molar-refractivity contribution in [3.63, 3.8) is 0 Å². The van der Waals surface area contributed by atoms with Crippen LogP contribution in [0.5, 0.6) is 5.75 Å². The molecule has 0 N–H and O–H groups in total. The summed E-state index contributed by atoms with van der Waals surface area (Å²) in [6.45, 7) is 3.10. The number of hydrogen-bond acceptors (Lipinski definition) is 3. The highest BCUT2D eigenvalue weighted by Gasteiger charge is 2.33. The molecule has 1 atom stereocenters. The van der Waals surface area contributed by atoms with E-state index in [4.69, 9.17) is 27.9 Å². The van der Waals surface area contributed by atoms with Gasteiger partial charge in [-0.1, -0.05) is 59.6 Å². The number of aromatic nitrogens is 1. The molecule has 1 unspecified atom stereocenters. The molecule has 7 heteroatoms. The van der Waals surface area contributed by atoms with E-state index in [1.807, 2.05) is 43.3 Å². The molecule has 0 fully saturated rings. The van der Waals surface area contributed by atoms with Gasteiger partial charge >= 0.3 is 0 Å². The molecule has 1 aliphatic heterocycles. The average Bonchev–Trinajstić information content (AvgIpc) is 2.74. The van der Waals surface area contributed by atoms with Crippen LogP contribution in [-0.2, 0) is 19.7 Å². The van der Waals surface area contributed by atoms with E-state index in [-0.39, 0.29) is 35.4 Å². The summed E-state index contributed by atoms with van der Waals surface area (Å²) >= 11 is 12.1. The normalized spacial score (nSPS) is 15.8. The first-order chi connectivity index (χ1) is 14.4. The maximum atomic E-state index is 13.4. The molecule has 2 aromatic carbocycles. The summed E-state index contributed by atoms with van der Waals surface area (Å²) in [5.41, 5.74) is 1.75. The smallest absolute Gasteiger partial charge is 0.275 e. The highest BCUT2D eigenvalue weighted by molar-refractivity contribution is 6.42. The third kappa shape index (κ3) is 4.09. The molecule has 0 saturated heterocycles. The lowest BCUT2D eigenvalue weighted by molar-refractivity contribution is 0.0583. The van der Waals surface area contributed by atoms with E-state index < -0.39 is 0 Å². The van der Waals surface area contributed by atoms with Gasteiger partial charge in [-0.25, -0.2) is 0 Å². The molecule has 3 aromatic rings. The summed E-state index contributed by atoms with van der Waals surface area (Å²) < 4.78 is 7.63. The summed E-state index contributed by atoms with van der Waals surface area (Å²) in [4.78, 5) is 27.7. The fourth-order valence-electron chi connectivity index (χ4n) is 3.58. The zero-order chi connectivity index (χ0) is 21.3. The third-order valence-electron chi connectivity index (χ3n) is 5.15. The second-order valence-electron chi connectivity index (χ2n) is 7.31. The van der Waals surface area contributed by atoms with Gasteiger partial charge in [0.1, 0.15) is 6.61 Å². The molecular weight excluding hydrogens is 423 g/mol. The molecule has 0 aliphatic carbocycles. The van der Waals surface area contributed by atoms with Crippen LogP contribution in [0.1, 0.15) is 28.5 Å². The topological polar surface area (TPSA) is 51.5 Å². The second-order valence-corrected chi connectivity index (χ2v) is 8.13. The van der Waals surface area contributed by atoms with Crippen molar-refractivity contribution in [2.75, 3.05) is 0 Å². The zero-order valence-electron chi connectivity index (χ0n) is 16.3. The van der Waals surface area contributed by atoms with E-state index in [1.54, 1.807) is 27.8 Å². The Hall–Kier alpha value is -2.76. The fourth-order valence-corrected chi connectivity index (χ4v) is 3.90. The molecule has 30 heavy (non-hydrogen) atoms. The first-order valence-corrected chi connectivity index (χ1v) is 10.3. The Kier molecular flexibility index (Phi) is 5.84. The second kappa shape index (κ2) is 8.54. The summed E-state index contributed by atoms with van der Waals surface area (Å²) in [6.07, 6.45) is 1.65. The van der Waals surface area contributed by atoms with Crippen molar-refractivity contribution < 1.29 is 9.53 Å². The van der Waals surface area contributed by atoms with E-state index in [2.05, 4.69) is 0 Å². The summed E-state index contributed by atoms with van der Waals surface area (Å²) in [5, 5.41) is 0.904. The molecule has 0 bridgehead atoms. The number of ether oxygens (including phenoxy) is 1. The van der Waals surface area contributed by atoms with Crippen LogP contribution < -0.4 is 10.2 Å². The van der Waals surface area contributed by atoms with E-state index in [0.717, 1.165) is 11.1 Å². The Labute approximate surface area is 184 Å². The van der Waals surface area contributed by atoms with E-state index in [1.165, 1.54) is 6.07 Å². The number of fused-ring (bicyclic) bond motifs is 1. The lowest BCUT2D eigenvalue weighted by atomic mass is 10.1. The highest BCUT2D eigenvalue weighted by atomic mass is 35.5. The third-order valence-corrected chi connectivity index (χ3v) is 5.89. The zero-order valence-corrected chi connectivity index (χ0v) is 17.9. The van der Waals surface area contributed by atoms with Gasteiger partial charge < -0.3 is 14.2 Å². The van der Waals surface area contributed by atoms with Crippen molar-refractivity contribution in [1.29, 1.82) is 0 Å². The molecule has 4 rings (SSSR count). The summed E-state index contributed by atoms with van der Waals surface area (Å²) in [7, 11) is 0. The van der Waals surface area contributed by atoms with Gasteiger partial charge in [0.25, 0.3) is 5.91 Å². The molecule has 1 amide bonds. The fraction of sp³-hybridized carbons (Fsp3) is 0.217. The number of carbonyl (C=O) groups is 1. The van der Waals surface area contributed by atoms with Crippen molar-refractivity contribution in [1.82, 2.24) is 9.47 Å². The van der Waals surface area contributed by atoms with Crippen LogP contribution in [-0.4, -0.2) is 21.4 Å². The van der Waals surface area contributed by atoms with Crippen molar-refractivity contribution in [3.05, 3.63) is 97.9 Å². The van der Waals surface area contributed by atoms with Gasteiger partial charge in [0.2, 0.25) is 5.43 Å². The molecule has 154 valence electrons. The molecule has 0 spiro atoms. The number of rotatable bonds is 5. The van der Waals surface area contributed by atoms with Gasteiger partial charge in [-0.05, 0) is 30.2 Å². The number of nitrogens with zero attached hydrogens (tertiary/aromatic N) is 2. The summed E-state index contributed by atoms with van der Waals surface area (Å²) in [6, 6.07) is 16.2.